The van der Waals surface area contributed by atoms with Crippen LogP contribution < -0.4 is 4.74 Å². The van der Waals surface area contributed by atoms with E-state index in [1.807, 2.05) is 38.1 Å². The molecule has 7 heteroatoms. The van der Waals surface area contributed by atoms with Crippen LogP contribution in [-0.4, -0.2) is 73.1 Å². The first kappa shape index (κ1) is 23.0. The van der Waals surface area contributed by atoms with Gasteiger partial charge in [-0.05, 0) is 43.2 Å². The van der Waals surface area contributed by atoms with Gasteiger partial charge in [-0.3, -0.25) is 14.5 Å². The van der Waals surface area contributed by atoms with Crippen molar-refractivity contribution < 1.29 is 24.2 Å². The first-order chi connectivity index (χ1) is 15.9. The van der Waals surface area contributed by atoms with Gasteiger partial charge in [-0.25, -0.2) is 0 Å². The minimum Gasteiger partial charge on any atom is -0.507 e. The number of hydrogen-bond donors (Lipinski definition) is 1. The Morgan fingerprint density at radius 3 is 2.39 bits per heavy atom. The number of ketones is 1. The Morgan fingerprint density at radius 1 is 1.06 bits per heavy atom. The molecule has 2 aromatic carbocycles. The van der Waals surface area contributed by atoms with E-state index in [0.717, 1.165) is 29.8 Å². The largest absolute Gasteiger partial charge is 0.507 e. The average molecular weight is 451 g/mol. The van der Waals surface area contributed by atoms with Crippen LogP contribution in [0.5, 0.6) is 5.75 Å². The number of methoxy groups -OCH3 is 1. The molecule has 0 radical (unpaired) electrons. The third-order valence-corrected chi connectivity index (χ3v) is 6.36. The summed E-state index contributed by atoms with van der Waals surface area (Å²) in [5, 5.41) is 11.2. The van der Waals surface area contributed by atoms with Gasteiger partial charge in [-0.15, -0.1) is 0 Å². The van der Waals surface area contributed by atoms with Crippen molar-refractivity contribution >= 4 is 17.4 Å². The first-order valence-electron chi connectivity index (χ1n) is 11.2. The SMILES string of the molecule is COc1ccc(/C(O)=C2\C(=O)C(=O)N(CCN3CCOCC3)C2c2ccc(C)cc2)cc1C. The van der Waals surface area contributed by atoms with Gasteiger partial charge in [0.1, 0.15) is 11.5 Å². The van der Waals surface area contributed by atoms with E-state index in [2.05, 4.69) is 4.90 Å². The van der Waals surface area contributed by atoms with E-state index in [9.17, 15) is 14.7 Å². The number of aliphatic hydroxyl groups excluding tert-OH is 1. The van der Waals surface area contributed by atoms with Crippen LogP contribution in [0.25, 0.3) is 5.76 Å². The number of hydrogen-bond acceptors (Lipinski definition) is 6. The monoisotopic (exact) mass is 450 g/mol. The molecular formula is C26H30N2O5. The zero-order valence-corrected chi connectivity index (χ0v) is 19.3. The lowest BCUT2D eigenvalue weighted by molar-refractivity contribution is -0.140. The lowest BCUT2D eigenvalue weighted by Crippen LogP contribution is -2.42. The Bertz CT molecular complexity index is 1070. The normalized spacial score (nSPS) is 20.9. The summed E-state index contributed by atoms with van der Waals surface area (Å²) in [6.45, 7) is 7.80. The minimum atomic E-state index is -0.659. The molecule has 2 saturated heterocycles. The fourth-order valence-corrected chi connectivity index (χ4v) is 4.46. The van der Waals surface area contributed by atoms with Crippen molar-refractivity contribution in [1.29, 1.82) is 0 Å². The molecule has 0 aromatic heterocycles. The molecule has 33 heavy (non-hydrogen) atoms. The summed E-state index contributed by atoms with van der Waals surface area (Å²) in [5.74, 6) is -0.722. The highest BCUT2D eigenvalue weighted by Crippen LogP contribution is 2.39. The third kappa shape index (κ3) is 4.65. The van der Waals surface area contributed by atoms with Crippen molar-refractivity contribution in [2.75, 3.05) is 46.5 Å². The maximum Gasteiger partial charge on any atom is 0.295 e. The second-order valence-corrected chi connectivity index (χ2v) is 8.54. The summed E-state index contributed by atoms with van der Waals surface area (Å²) in [6.07, 6.45) is 0. The molecule has 7 nitrogen and oxygen atoms in total. The Hall–Kier alpha value is -3.16. The molecule has 2 aliphatic heterocycles. The number of nitrogens with zero attached hydrogens (tertiary/aromatic N) is 2. The van der Waals surface area contributed by atoms with Crippen LogP contribution in [-0.2, 0) is 14.3 Å². The molecule has 174 valence electrons. The van der Waals surface area contributed by atoms with E-state index < -0.39 is 17.7 Å². The summed E-state index contributed by atoms with van der Waals surface area (Å²) < 4.78 is 10.7. The second kappa shape index (κ2) is 9.77. The molecule has 2 heterocycles. The van der Waals surface area contributed by atoms with E-state index in [0.29, 0.717) is 37.6 Å². The molecule has 2 aromatic rings. The lowest BCUT2D eigenvalue weighted by atomic mass is 9.94. The van der Waals surface area contributed by atoms with Gasteiger partial charge in [0.25, 0.3) is 11.7 Å². The summed E-state index contributed by atoms with van der Waals surface area (Å²) in [7, 11) is 1.58. The number of Topliss-reactive ketones (excluding diaryl/α,β-unsaturated/α-hetero) is 1. The van der Waals surface area contributed by atoms with Gasteiger partial charge >= 0.3 is 0 Å². The summed E-state index contributed by atoms with van der Waals surface area (Å²) >= 11 is 0. The molecule has 1 N–H and O–H groups in total. The number of carbonyl (C=O) groups excluding carboxylic acids is 2. The van der Waals surface area contributed by atoms with Gasteiger partial charge < -0.3 is 19.5 Å². The third-order valence-electron chi connectivity index (χ3n) is 6.36. The van der Waals surface area contributed by atoms with Crippen LogP contribution >= 0.6 is 0 Å². The number of benzene rings is 2. The van der Waals surface area contributed by atoms with Crippen molar-refractivity contribution in [3.05, 3.63) is 70.3 Å². The molecule has 2 fully saturated rings. The van der Waals surface area contributed by atoms with Crippen LogP contribution in [0.4, 0.5) is 0 Å². The molecule has 0 bridgehead atoms. The van der Waals surface area contributed by atoms with Gasteiger partial charge in [0.2, 0.25) is 0 Å². The number of aryl methyl sites for hydroxylation is 2. The van der Waals surface area contributed by atoms with Crippen molar-refractivity contribution in [3.63, 3.8) is 0 Å². The molecule has 2 aliphatic rings. The fourth-order valence-electron chi connectivity index (χ4n) is 4.46. The Morgan fingerprint density at radius 2 is 1.76 bits per heavy atom. The number of likely N-dealkylation sites (tertiary alicyclic amines) is 1. The summed E-state index contributed by atoms with van der Waals surface area (Å²) in [4.78, 5) is 30.1. The molecule has 0 aliphatic carbocycles. The van der Waals surface area contributed by atoms with Crippen LogP contribution in [0, 0.1) is 13.8 Å². The van der Waals surface area contributed by atoms with Crippen LogP contribution in [0.2, 0.25) is 0 Å². The van der Waals surface area contributed by atoms with Gasteiger partial charge in [0, 0.05) is 31.7 Å². The molecule has 0 saturated carbocycles. The number of amides is 1. The molecule has 0 spiro atoms. The van der Waals surface area contributed by atoms with Crippen molar-refractivity contribution in [3.8, 4) is 5.75 Å². The van der Waals surface area contributed by atoms with Gasteiger partial charge in [0.05, 0.1) is 31.9 Å². The zero-order valence-electron chi connectivity index (χ0n) is 19.3. The van der Waals surface area contributed by atoms with Gasteiger partial charge in [-0.2, -0.15) is 0 Å². The van der Waals surface area contributed by atoms with Crippen molar-refractivity contribution in [1.82, 2.24) is 9.80 Å². The van der Waals surface area contributed by atoms with Crippen LogP contribution in [0.15, 0.2) is 48.0 Å². The first-order valence-corrected chi connectivity index (χ1v) is 11.2. The fraction of sp³-hybridized carbons (Fsp3) is 0.385. The average Bonchev–Trinajstić information content (AvgIpc) is 3.08. The molecule has 1 atom stereocenters. The number of rotatable bonds is 6. The maximum atomic E-state index is 13.2. The Labute approximate surface area is 194 Å². The Kier molecular flexibility index (Phi) is 6.81. The van der Waals surface area contributed by atoms with Crippen LogP contribution in [0.3, 0.4) is 0 Å². The highest BCUT2D eigenvalue weighted by molar-refractivity contribution is 6.46. The second-order valence-electron chi connectivity index (χ2n) is 8.54. The van der Waals surface area contributed by atoms with Gasteiger partial charge in [0.15, 0.2) is 0 Å². The summed E-state index contributed by atoms with van der Waals surface area (Å²) in [5.41, 5.74) is 3.31. The minimum absolute atomic E-state index is 0.121. The topological polar surface area (TPSA) is 79.3 Å². The molecule has 1 amide bonds. The summed E-state index contributed by atoms with van der Waals surface area (Å²) in [6, 6.07) is 12.3. The predicted molar refractivity (Wildman–Crippen MR) is 125 cm³/mol. The maximum absolute atomic E-state index is 13.2. The van der Waals surface area contributed by atoms with E-state index >= 15 is 0 Å². The lowest BCUT2D eigenvalue weighted by Gasteiger charge is -2.31. The number of ether oxygens (including phenoxy) is 2. The Balaban J connectivity index is 1.74. The van der Waals surface area contributed by atoms with Crippen molar-refractivity contribution in [2.24, 2.45) is 0 Å². The highest BCUT2D eigenvalue weighted by atomic mass is 16.5. The number of aliphatic hydroxyl groups is 1. The molecule has 1 unspecified atom stereocenters. The van der Waals surface area contributed by atoms with Crippen molar-refractivity contribution in [2.45, 2.75) is 19.9 Å². The number of morpholine rings is 1. The zero-order chi connectivity index (χ0) is 23.5. The van der Waals surface area contributed by atoms with E-state index in [-0.39, 0.29) is 11.3 Å². The van der Waals surface area contributed by atoms with E-state index in [1.54, 1.807) is 30.2 Å². The quantitative estimate of drug-likeness (QED) is 0.414. The molecule has 4 rings (SSSR count). The predicted octanol–water partition coefficient (Wildman–Crippen LogP) is 3.07. The smallest absolute Gasteiger partial charge is 0.295 e. The van der Waals surface area contributed by atoms with Gasteiger partial charge in [-0.1, -0.05) is 29.8 Å². The molecular weight excluding hydrogens is 420 g/mol. The van der Waals surface area contributed by atoms with E-state index in [4.69, 9.17) is 9.47 Å². The van der Waals surface area contributed by atoms with E-state index in [1.165, 1.54) is 0 Å². The number of carbonyl (C=O) groups is 2. The standard InChI is InChI=1S/C26H30N2O5/c1-17-4-6-19(7-5-17)23-22(24(29)20-8-9-21(32-3)18(2)16-20)25(30)26(31)28(23)11-10-27-12-14-33-15-13-27/h4-9,16,23,29H,10-15H2,1-3H3/b24-22+. The van der Waals surface area contributed by atoms with Crippen LogP contribution in [0.1, 0.15) is 28.3 Å². The highest BCUT2D eigenvalue weighted by Gasteiger charge is 2.46.